The molecule has 5 aromatic carbocycles. The normalized spacial score (nSPS) is 11.5. The zero-order valence-electron chi connectivity index (χ0n) is 26.6. The average molecular weight is 687 g/mol. The number of esters is 1. The number of carbonyl (C=O) groups is 4. The van der Waals surface area contributed by atoms with Crippen LogP contribution in [0, 0.1) is 10.1 Å². The highest BCUT2D eigenvalue weighted by molar-refractivity contribution is 8.00. The van der Waals surface area contributed by atoms with Crippen molar-refractivity contribution in [1.82, 2.24) is 5.32 Å². The molecule has 1 unspecified atom stereocenters. The van der Waals surface area contributed by atoms with Gasteiger partial charge < -0.3 is 20.7 Å². The quantitative estimate of drug-likeness (QED) is 0.0407. The van der Waals surface area contributed by atoms with Crippen LogP contribution in [0.4, 0.5) is 17.1 Å². The van der Waals surface area contributed by atoms with Gasteiger partial charge in [0, 0.05) is 22.2 Å². The van der Waals surface area contributed by atoms with E-state index in [0.29, 0.717) is 21.8 Å². The molecule has 0 radical (unpaired) electrons. The molecule has 5 aromatic rings. The number of nitrogens with one attached hydrogen (secondary N) is 3. The molecule has 50 heavy (non-hydrogen) atoms. The van der Waals surface area contributed by atoms with Crippen molar-refractivity contribution < 1.29 is 28.8 Å². The lowest BCUT2D eigenvalue weighted by Gasteiger charge is -2.18. The number of rotatable bonds is 12. The molecule has 3 N–H and O–H groups in total. The first kappa shape index (κ1) is 34.8. The Bertz CT molecular complexity index is 2050. The van der Waals surface area contributed by atoms with Gasteiger partial charge >= 0.3 is 5.97 Å². The maximum atomic E-state index is 13.7. The number of hydrogen-bond donors (Lipinski definition) is 3. The zero-order valence-corrected chi connectivity index (χ0v) is 27.4. The minimum atomic E-state index is -0.716. The van der Waals surface area contributed by atoms with Gasteiger partial charge in [0.25, 0.3) is 17.5 Å². The Morgan fingerprint density at radius 3 is 2.06 bits per heavy atom. The van der Waals surface area contributed by atoms with E-state index < -0.39 is 28.0 Å². The molecule has 0 aliphatic carbocycles. The van der Waals surface area contributed by atoms with E-state index in [4.69, 9.17) is 4.74 Å². The van der Waals surface area contributed by atoms with Gasteiger partial charge in [-0.3, -0.25) is 24.5 Å². The molecule has 0 saturated heterocycles. The SMILES string of the molecule is COC(=O)c1ccccc1NC(=O)C(Sc1ccc(NC(=O)/C(=C/c2ccccc2[N+](=O)[O-])NC(=O)c2ccccc2)cc1)c1ccccc1. The van der Waals surface area contributed by atoms with Crippen LogP contribution in [0.2, 0.25) is 0 Å². The van der Waals surface area contributed by atoms with Crippen LogP contribution < -0.4 is 16.0 Å². The van der Waals surface area contributed by atoms with Crippen molar-refractivity contribution in [3.05, 3.63) is 172 Å². The van der Waals surface area contributed by atoms with Gasteiger partial charge in [0.2, 0.25) is 5.91 Å². The molecule has 0 aliphatic heterocycles. The van der Waals surface area contributed by atoms with E-state index in [1.54, 1.807) is 84.9 Å². The largest absolute Gasteiger partial charge is 0.465 e. The summed E-state index contributed by atoms with van der Waals surface area (Å²) in [6, 6.07) is 36.5. The van der Waals surface area contributed by atoms with Crippen LogP contribution in [-0.4, -0.2) is 35.7 Å². The zero-order chi connectivity index (χ0) is 35.5. The standard InChI is InChI=1S/C38H30N4O7S/c1-49-38(46)30-17-9-10-18-31(30)40-37(45)34(25-12-4-2-5-13-25)50-29-22-20-28(21-23-29)39-36(44)32(41-35(43)26-14-6-3-7-15-26)24-27-16-8-11-19-33(27)42(47)48/h2-24,34H,1H3,(H,39,44)(H,40,45)(H,41,43)/b32-24-. The smallest absolute Gasteiger partial charge is 0.339 e. The summed E-state index contributed by atoms with van der Waals surface area (Å²) in [7, 11) is 1.27. The summed E-state index contributed by atoms with van der Waals surface area (Å²) in [6.07, 6.45) is 1.25. The van der Waals surface area contributed by atoms with Gasteiger partial charge in [0.05, 0.1) is 28.8 Å². The number of anilines is 2. The van der Waals surface area contributed by atoms with Crippen molar-refractivity contribution >= 4 is 58.6 Å². The van der Waals surface area contributed by atoms with Gasteiger partial charge in [-0.25, -0.2) is 4.79 Å². The van der Waals surface area contributed by atoms with E-state index in [1.165, 1.54) is 43.1 Å². The van der Waals surface area contributed by atoms with E-state index >= 15 is 0 Å². The molecule has 1 atom stereocenters. The number of thioether (sulfide) groups is 1. The lowest BCUT2D eigenvalue weighted by Crippen LogP contribution is -2.30. The van der Waals surface area contributed by atoms with Gasteiger partial charge in [0.1, 0.15) is 10.9 Å². The Balaban J connectivity index is 1.37. The van der Waals surface area contributed by atoms with Crippen molar-refractivity contribution in [3.8, 4) is 0 Å². The van der Waals surface area contributed by atoms with E-state index in [9.17, 15) is 29.3 Å². The number of carbonyl (C=O) groups excluding carboxylic acids is 4. The molecule has 11 nitrogen and oxygen atoms in total. The predicted octanol–water partition coefficient (Wildman–Crippen LogP) is 7.26. The second-order valence-electron chi connectivity index (χ2n) is 10.6. The molecule has 0 fully saturated rings. The summed E-state index contributed by atoms with van der Waals surface area (Å²) >= 11 is 1.26. The maximum absolute atomic E-state index is 13.7. The first-order chi connectivity index (χ1) is 24.2. The fraction of sp³-hybridized carbons (Fsp3) is 0.0526. The Morgan fingerprint density at radius 1 is 0.760 bits per heavy atom. The number of para-hydroxylation sites is 2. The highest BCUT2D eigenvalue weighted by atomic mass is 32.2. The fourth-order valence-corrected chi connectivity index (χ4v) is 5.83. The van der Waals surface area contributed by atoms with Crippen LogP contribution in [0.15, 0.2) is 144 Å². The number of methoxy groups -OCH3 is 1. The van der Waals surface area contributed by atoms with Crippen LogP contribution in [0.1, 0.15) is 37.1 Å². The fourth-order valence-electron chi connectivity index (χ4n) is 4.80. The Morgan fingerprint density at radius 2 is 1.38 bits per heavy atom. The molecule has 0 bridgehead atoms. The minimum absolute atomic E-state index is 0.127. The molecule has 0 spiro atoms. The topological polar surface area (TPSA) is 157 Å². The molecular formula is C38H30N4O7S. The molecule has 0 saturated carbocycles. The monoisotopic (exact) mass is 686 g/mol. The average Bonchev–Trinajstić information content (AvgIpc) is 3.14. The summed E-state index contributed by atoms with van der Waals surface area (Å²) in [5, 5.41) is 19.1. The third kappa shape index (κ3) is 8.88. The lowest BCUT2D eigenvalue weighted by atomic mass is 10.1. The molecule has 5 rings (SSSR count). The summed E-state index contributed by atoms with van der Waals surface area (Å²) in [5.74, 6) is -2.23. The van der Waals surface area contributed by atoms with Crippen LogP contribution in [0.3, 0.4) is 0 Å². The second kappa shape index (κ2) is 16.5. The van der Waals surface area contributed by atoms with Crippen LogP contribution in [0.25, 0.3) is 6.08 Å². The third-order valence-electron chi connectivity index (χ3n) is 7.26. The van der Waals surface area contributed by atoms with Crippen molar-refractivity contribution in [2.45, 2.75) is 10.1 Å². The molecule has 0 aliphatic rings. The van der Waals surface area contributed by atoms with Crippen LogP contribution in [-0.2, 0) is 14.3 Å². The second-order valence-corrected chi connectivity index (χ2v) is 11.8. The van der Waals surface area contributed by atoms with Gasteiger partial charge in [-0.2, -0.15) is 0 Å². The minimum Gasteiger partial charge on any atom is -0.465 e. The number of nitro benzene ring substituents is 1. The van der Waals surface area contributed by atoms with E-state index in [-0.39, 0.29) is 28.4 Å². The van der Waals surface area contributed by atoms with E-state index in [0.717, 1.165) is 5.56 Å². The van der Waals surface area contributed by atoms with E-state index in [1.807, 2.05) is 30.3 Å². The molecule has 0 heterocycles. The van der Waals surface area contributed by atoms with Crippen molar-refractivity contribution in [2.75, 3.05) is 17.7 Å². The van der Waals surface area contributed by atoms with Gasteiger partial charge in [-0.15, -0.1) is 11.8 Å². The maximum Gasteiger partial charge on any atom is 0.339 e. The number of benzene rings is 5. The number of nitro groups is 1. The highest BCUT2D eigenvalue weighted by Gasteiger charge is 2.24. The Labute approximate surface area is 291 Å². The number of amides is 3. The van der Waals surface area contributed by atoms with E-state index in [2.05, 4.69) is 16.0 Å². The van der Waals surface area contributed by atoms with Crippen LogP contribution >= 0.6 is 11.8 Å². The lowest BCUT2D eigenvalue weighted by molar-refractivity contribution is -0.385. The van der Waals surface area contributed by atoms with Crippen molar-refractivity contribution in [3.63, 3.8) is 0 Å². The summed E-state index contributed by atoms with van der Waals surface area (Å²) < 4.78 is 4.86. The number of nitrogens with zero attached hydrogens (tertiary/aromatic N) is 1. The predicted molar refractivity (Wildman–Crippen MR) is 192 cm³/mol. The van der Waals surface area contributed by atoms with Gasteiger partial charge in [-0.1, -0.05) is 72.8 Å². The van der Waals surface area contributed by atoms with Gasteiger partial charge in [0.15, 0.2) is 0 Å². The summed E-state index contributed by atoms with van der Waals surface area (Å²) in [6.45, 7) is 0. The Kier molecular flexibility index (Phi) is 11.5. The molecule has 250 valence electrons. The van der Waals surface area contributed by atoms with Crippen molar-refractivity contribution in [2.24, 2.45) is 0 Å². The molecule has 0 aromatic heterocycles. The van der Waals surface area contributed by atoms with Crippen LogP contribution in [0.5, 0.6) is 0 Å². The molecule has 12 heteroatoms. The number of ether oxygens (including phenoxy) is 1. The molecule has 3 amide bonds. The van der Waals surface area contributed by atoms with Gasteiger partial charge in [-0.05, 0) is 66.2 Å². The Hall–Kier alpha value is -6.53. The third-order valence-corrected chi connectivity index (χ3v) is 8.53. The molecular weight excluding hydrogens is 657 g/mol. The summed E-state index contributed by atoms with van der Waals surface area (Å²) in [5.41, 5.74) is 1.60. The number of hydrogen-bond acceptors (Lipinski definition) is 8. The first-order valence-electron chi connectivity index (χ1n) is 15.2. The summed E-state index contributed by atoms with van der Waals surface area (Å²) in [4.78, 5) is 64.2. The highest BCUT2D eigenvalue weighted by Crippen LogP contribution is 2.37. The van der Waals surface area contributed by atoms with Crippen molar-refractivity contribution in [1.29, 1.82) is 0 Å². The first-order valence-corrected chi connectivity index (χ1v) is 16.0.